The van der Waals surface area contributed by atoms with E-state index in [9.17, 15) is 19.1 Å². The molecule has 3 aromatic carbocycles. The number of ether oxygens (including phenoxy) is 1. The number of halogens is 1. The standard InChI is InChI=1S/C26H18FN3O5/c27-18-5-3-4-16(12-18)14-30-21-7-2-1-6-20(21)25(26(30)33)29-28-23(31)15-34-19-10-8-17-9-11-24(32)35-22(17)13-19/h1-13,33H,14-15H2. The molecule has 1 N–H and O–H groups in total. The van der Waals surface area contributed by atoms with Gasteiger partial charge in [0.15, 0.2) is 12.3 Å². The summed E-state index contributed by atoms with van der Waals surface area (Å²) in [5.41, 5.74) is 1.28. The van der Waals surface area contributed by atoms with Crippen LogP contribution in [0.15, 0.2) is 98.3 Å². The highest BCUT2D eigenvalue weighted by Gasteiger charge is 2.17. The minimum Gasteiger partial charge on any atom is -0.493 e. The van der Waals surface area contributed by atoms with Crippen molar-refractivity contribution in [2.24, 2.45) is 10.2 Å². The van der Waals surface area contributed by atoms with Crippen LogP contribution in [-0.4, -0.2) is 22.2 Å². The van der Waals surface area contributed by atoms with Crippen molar-refractivity contribution in [1.29, 1.82) is 0 Å². The number of carbonyl (C=O) groups is 1. The summed E-state index contributed by atoms with van der Waals surface area (Å²) in [4.78, 5) is 23.7. The predicted molar refractivity (Wildman–Crippen MR) is 127 cm³/mol. The smallest absolute Gasteiger partial charge is 0.336 e. The van der Waals surface area contributed by atoms with Crippen LogP contribution in [0.1, 0.15) is 5.56 Å². The molecule has 2 heterocycles. The summed E-state index contributed by atoms with van der Waals surface area (Å²) in [7, 11) is 0. The maximum Gasteiger partial charge on any atom is 0.336 e. The van der Waals surface area contributed by atoms with Gasteiger partial charge in [0.25, 0.3) is 0 Å². The van der Waals surface area contributed by atoms with Crippen LogP contribution >= 0.6 is 0 Å². The van der Waals surface area contributed by atoms with E-state index in [1.807, 2.05) is 0 Å². The summed E-state index contributed by atoms with van der Waals surface area (Å²) >= 11 is 0. The Morgan fingerprint density at radius 2 is 1.86 bits per heavy atom. The van der Waals surface area contributed by atoms with Crippen molar-refractivity contribution in [2.75, 3.05) is 6.61 Å². The quantitative estimate of drug-likeness (QED) is 0.266. The lowest BCUT2D eigenvalue weighted by Crippen LogP contribution is -2.07. The Labute approximate surface area is 197 Å². The second-order valence-electron chi connectivity index (χ2n) is 7.74. The first-order chi connectivity index (χ1) is 17.0. The second kappa shape index (κ2) is 9.22. The average Bonchev–Trinajstić information content (AvgIpc) is 3.11. The number of azo groups is 1. The number of nitrogens with zero attached hydrogens (tertiary/aromatic N) is 3. The lowest BCUT2D eigenvalue weighted by molar-refractivity contribution is -0.120. The van der Waals surface area contributed by atoms with Crippen LogP contribution < -0.4 is 10.4 Å². The number of amides is 1. The van der Waals surface area contributed by atoms with Gasteiger partial charge in [0.05, 0.1) is 12.1 Å². The lowest BCUT2D eigenvalue weighted by atomic mass is 10.2. The summed E-state index contributed by atoms with van der Waals surface area (Å²) in [6, 6.07) is 21.0. The summed E-state index contributed by atoms with van der Waals surface area (Å²) < 4.78 is 25.7. The van der Waals surface area contributed by atoms with Gasteiger partial charge in [-0.1, -0.05) is 30.3 Å². The van der Waals surface area contributed by atoms with Gasteiger partial charge in [-0.3, -0.25) is 4.79 Å². The van der Waals surface area contributed by atoms with Gasteiger partial charge < -0.3 is 18.8 Å². The molecule has 174 valence electrons. The Balaban J connectivity index is 1.35. The number of para-hydroxylation sites is 1. The van der Waals surface area contributed by atoms with Gasteiger partial charge >= 0.3 is 11.5 Å². The average molecular weight is 471 g/mol. The highest BCUT2D eigenvalue weighted by Crippen LogP contribution is 2.39. The Morgan fingerprint density at radius 3 is 2.71 bits per heavy atom. The van der Waals surface area contributed by atoms with Crippen molar-refractivity contribution in [3.8, 4) is 11.6 Å². The topological polar surface area (TPSA) is 106 Å². The van der Waals surface area contributed by atoms with Gasteiger partial charge in [-0.15, -0.1) is 10.2 Å². The molecule has 0 saturated heterocycles. The van der Waals surface area contributed by atoms with Gasteiger partial charge in [-0.05, 0) is 42.0 Å². The number of fused-ring (bicyclic) bond motifs is 2. The first-order valence-electron chi connectivity index (χ1n) is 10.6. The Kier molecular flexibility index (Phi) is 5.80. The SMILES string of the molecule is O=C(COc1ccc2ccc(=O)oc2c1)N=Nc1c(O)n(Cc2cccc(F)c2)c2ccccc12. The number of hydrogen-bond donors (Lipinski definition) is 1. The number of hydrogen-bond acceptors (Lipinski definition) is 6. The first kappa shape index (κ1) is 22.0. The van der Waals surface area contributed by atoms with Crippen molar-refractivity contribution >= 4 is 33.5 Å². The normalized spacial score (nSPS) is 11.5. The van der Waals surface area contributed by atoms with Crippen molar-refractivity contribution in [3.05, 3.63) is 101 Å². The van der Waals surface area contributed by atoms with Crippen molar-refractivity contribution < 1.29 is 23.4 Å². The zero-order valence-corrected chi connectivity index (χ0v) is 18.2. The Morgan fingerprint density at radius 1 is 1.03 bits per heavy atom. The van der Waals surface area contributed by atoms with Crippen LogP contribution in [0.3, 0.4) is 0 Å². The Bertz CT molecular complexity index is 1650. The molecule has 0 spiro atoms. The first-order valence-corrected chi connectivity index (χ1v) is 10.6. The van der Waals surface area contributed by atoms with Gasteiger partial charge in [0.2, 0.25) is 5.88 Å². The van der Waals surface area contributed by atoms with Crippen LogP contribution in [-0.2, 0) is 11.3 Å². The Hall–Kier alpha value is -4.79. The molecule has 35 heavy (non-hydrogen) atoms. The van der Waals surface area contributed by atoms with Crippen molar-refractivity contribution in [2.45, 2.75) is 6.54 Å². The molecule has 0 unspecified atom stereocenters. The molecule has 9 heteroatoms. The maximum absolute atomic E-state index is 13.6. The number of aromatic hydroxyl groups is 1. The molecule has 0 radical (unpaired) electrons. The van der Waals surface area contributed by atoms with Gasteiger partial charge in [0, 0.05) is 22.9 Å². The predicted octanol–water partition coefficient (Wildman–Crippen LogP) is 5.33. The van der Waals surface area contributed by atoms with Crippen molar-refractivity contribution in [1.82, 2.24) is 4.57 Å². The fourth-order valence-electron chi connectivity index (χ4n) is 3.76. The molecule has 0 aliphatic carbocycles. The van der Waals surface area contributed by atoms with Crippen LogP contribution in [0.25, 0.3) is 21.9 Å². The zero-order chi connectivity index (χ0) is 24.4. The fourth-order valence-corrected chi connectivity index (χ4v) is 3.76. The highest BCUT2D eigenvalue weighted by molar-refractivity contribution is 5.95. The fraction of sp³-hybridized carbons (Fsp3) is 0.0769. The third kappa shape index (κ3) is 4.65. The molecular weight excluding hydrogens is 453 g/mol. The molecule has 5 aromatic rings. The molecule has 2 aromatic heterocycles. The lowest BCUT2D eigenvalue weighted by Gasteiger charge is -2.07. The van der Waals surface area contributed by atoms with Gasteiger partial charge in [-0.25, -0.2) is 9.18 Å². The van der Waals surface area contributed by atoms with Crippen molar-refractivity contribution in [3.63, 3.8) is 0 Å². The summed E-state index contributed by atoms with van der Waals surface area (Å²) in [5.74, 6) is -0.930. The van der Waals surface area contributed by atoms with Gasteiger partial charge in [-0.2, -0.15) is 0 Å². The van der Waals surface area contributed by atoms with E-state index in [4.69, 9.17) is 9.15 Å². The molecule has 0 aliphatic heterocycles. The monoisotopic (exact) mass is 471 g/mol. The number of aromatic nitrogens is 1. The zero-order valence-electron chi connectivity index (χ0n) is 18.2. The molecule has 0 atom stereocenters. The minimum absolute atomic E-state index is 0.123. The second-order valence-corrected chi connectivity index (χ2v) is 7.74. The maximum atomic E-state index is 13.6. The van der Waals surface area contributed by atoms with E-state index in [1.165, 1.54) is 24.3 Å². The number of carbonyl (C=O) groups excluding carboxylic acids is 1. The molecule has 0 bridgehead atoms. The molecule has 8 nitrogen and oxygen atoms in total. The summed E-state index contributed by atoms with van der Waals surface area (Å²) in [6.07, 6.45) is 0. The number of rotatable bonds is 6. The largest absolute Gasteiger partial charge is 0.493 e. The molecule has 0 fully saturated rings. The van der Waals surface area contributed by atoms with E-state index in [1.54, 1.807) is 59.2 Å². The van der Waals surface area contributed by atoms with Crippen LogP contribution in [0, 0.1) is 5.82 Å². The summed E-state index contributed by atoms with van der Waals surface area (Å²) in [6.45, 7) is -0.205. The highest BCUT2D eigenvalue weighted by atomic mass is 19.1. The van der Waals surface area contributed by atoms with Crippen LogP contribution in [0.2, 0.25) is 0 Å². The molecular formula is C26H18FN3O5. The van der Waals surface area contributed by atoms with E-state index in [-0.39, 0.29) is 23.9 Å². The molecule has 0 saturated carbocycles. The van der Waals surface area contributed by atoms with E-state index < -0.39 is 18.1 Å². The molecule has 5 rings (SSSR count). The van der Waals surface area contributed by atoms with E-state index >= 15 is 0 Å². The van der Waals surface area contributed by atoms with Gasteiger partial charge in [0.1, 0.15) is 17.1 Å². The van der Waals surface area contributed by atoms with E-state index in [0.29, 0.717) is 33.2 Å². The molecule has 1 amide bonds. The molecule has 0 aliphatic rings. The van der Waals surface area contributed by atoms with E-state index in [2.05, 4.69) is 10.2 Å². The van der Waals surface area contributed by atoms with E-state index in [0.717, 1.165) is 0 Å². The van der Waals surface area contributed by atoms with Crippen LogP contribution in [0.5, 0.6) is 11.6 Å². The third-order valence-electron chi connectivity index (χ3n) is 5.37. The number of benzene rings is 3. The van der Waals surface area contributed by atoms with Crippen LogP contribution in [0.4, 0.5) is 10.1 Å². The third-order valence-corrected chi connectivity index (χ3v) is 5.37. The summed E-state index contributed by atoms with van der Waals surface area (Å²) in [5, 5.41) is 19.8. The minimum atomic E-state index is -0.680.